The second-order valence-corrected chi connectivity index (χ2v) is 8.85. The molecule has 2 aliphatic rings. The molecule has 0 amide bonds. The first-order valence-corrected chi connectivity index (χ1v) is 10.7. The van der Waals surface area contributed by atoms with Crippen LogP contribution < -0.4 is 5.32 Å². The molecule has 26 heavy (non-hydrogen) atoms. The van der Waals surface area contributed by atoms with Crippen LogP contribution >= 0.6 is 22.9 Å². The van der Waals surface area contributed by atoms with Gasteiger partial charge in [-0.1, -0.05) is 25.2 Å². The van der Waals surface area contributed by atoms with Gasteiger partial charge in [0, 0.05) is 31.1 Å². The summed E-state index contributed by atoms with van der Waals surface area (Å²) in [7, 11) is 0. The van der Waals surface area contributed by atoms with Crippen molar-refractivity contribution in [2.75, 3.05) is 31.6 Å². The van der Waals surface area contributed by atoms with Crippen LogP contribution in [0, 0.1) is 0 Å². The summed E-state index contributed by atoms with van der Waals surface area (Å²) in [6.07, 6.45) is 4.72. The molecule has 4 rings (SSSR count). The summed E-state index contributed by atoms with van der Waals surface area (Å²) in [6, 6.07) is 1.11. The van der Waals surface area contributed by atoms with E-state index in [4.69, 9.17) is 21.3 Å². The summed E-state index contributed by atoms with van der Waals surface area (Å²) in [4.78, 5) is 17.0. The Kier molecular flexibility index (Phi) is 5.59. The van der Waals surface area contributed by atoms with E-state index in [1.54, 1.807) is 11.3 Å². The normalized spacial score (nSPS) is 25.1. The Morgan fingerprint density at radius 1 is 1.12 bits per heavy atom. The quantitative estimate of drug-likeness (QED) is 0.791. The smallest absolute Gasteiger partial charge is 0.225 e. The lowest BCUT2D eigenvalue weighted by Crippen LogP contribution is -2.46. The molecule has 0 aromatic carbocycles. The van der Waals surface area contributed by atoms with Gasteiger partial charge in [-0.25, -0.2) is 9.97 Å². The molecule has 1 aliphatic heterocycles. The summed E-state index contributed by atoms with van der Waals surface area (Å²) in [6.45, 7) is 8.18. The zero-order valence-electron chi connectivity index (χ0n) is 15.4. The van der Waals surface area contributed by atoms with Gasteiger partial charge in [0.1, 0.15) is 5.52 Å². The van der Waals surface area contributed by atoms with Crippen LogP contribution in [-0.2, 0) is 4.74 Å². The topological polar surface area (TPSA) is 63.2 Å². The molecule has 6 nitrogen and oxygen atoms in total. The first-order chi connectivity index (χ1) is 12.6. The molecule has 3 heterocycles. The molecule has 0 radical (unpaired) electrons. The van der Waals surface area contributed by atoms with Crippen LogP contribution in [-0.4, -0.2) is 58.2 Å². The van der Waals surface area contributed by atoms with Gasteiger partial charge in [0.2, 0.25) is 5.28 Å². The van der Waals surface area contributed by atoms with Crippen molar-refractivity contribution in [2.24, 2.45) is 0 Å². The molecule has 1 aliphatic carbocycles. The number of ether oxygens (including phenoxy) is 1. The molecule has 142 valence electrons. The molecule has 8 heteroatoms. The van der Waals surface area contributed by atoms with E-state index < -0.39 is 0 Å². The number of thiazole rings is 1. The Morgan fingerprint density at radius 3 is 2.54 bits per heavy atom. The van der Waals surface area contributed by atoms with E-state index in [2.05, 4.69) is 34.0 Å². The summed E-state index contributed by atoms with van der Waals surface area (Å²) >= 11 is 7.76. The van der Waals surface area contributed by atoms with E-state index in [9.17, 15) is 0 Å². The minimum Gasteiger partial charge on any atom is -0.379 e. The molecule has 1 N–H and O–H groups in total. The molecule has 0 spiro atoms. The van der Waals surface area contributed by atoms with Crippen molar-refractivity contribution in [3.8, 4) is 0 Å². The van der Waals surface area contributed by atoms with Crippen LogP contribution in [0.3, 0.4) is 0 Å². The van der Waals surface area contributed by atoms with Gasteiger partial charge in [-0.15, -0.1) is 0 Å². The van der Waals surface area contributed by atoms with E-state index in [1.165, 1.54) is 12.8 Å². The maximum atomic E-state index is 6.15. The third kappa shape index (κ3) is 3.96. The number of nitrogens with one attached hydrogen (secondary N) is 1. The van der Waals surface area contributed by atoms with Crippen molar-refractivity contribution in [3.05, 3.63) is 10.3 Å². The lowest BCUT2D eigenvalue weighted by molar-refractivity contribution is 0.00791. The first kappa shape index (κ1) is 18.3. The summed E-state index contributed by atoms with van der Waals surface area (Å²) in [5, 5.41) is 4.98. The van der Waals surface area contributed by atoms with E-state index in [-0.39, 0.29) is 0 Å². The van der Waals surface area contributed by atoms with Crippen molar-refractivity contribution in [3.63, 3.8) is 0 Å². The molecule has 0 bridgehead atoms. The van der Waals surface area contributed by atoms with Crippen LogP contribution in [0.5, 0.6) is 0 Å². The Labute approximate surface area is 163 Å². The number of hydrogen-bond donors (Lipinski definition) is 1. The molecule has 1 saturated heterocycles. The lowest BCUT2D eigenvalue weighted by atomic mass is 9.90. The second-order valence-electron chi connectivity index (χ2n) is 7.50. The highest BCUT2D eigenvalue weighted by Gasteiger charge is 2.27. The number of hydrogen-bond acceptors (Lipinski definition) is 7. The number of rotatable bonds is 4. The Bertz CT molecular complexity index is 753. The van der Waals surface area contributed by atoms with Gasteiger partial charge in [0.25, 0.3) is 0 Å². The predicted octanol–water partition coefficient (Wildman–Crippen LogP) is 3.92. The second kappa shape index (κ2) is 7.92. The number of aromatic nitrogens is 3. The SMILES string of the molecule is CC(C)c1nc2c(NC3CCC(N4CCOCC4)CC3)nc(Cl)nc2s1. The van der Waals surface area contributed by atoms with E-state index in [0.29, 0.717) is 23.3 Å². The Balaban J connectivity index is 1.44. The third-order valence-corrected chi connectivity index (χ3v) is 6.76. The van der Waals surface area contributed by atoms with Crippen molar-refractivity contribution in [1.29, 1.82) is 0 Å². The summed E-state index contributed by atoms with van der Waals surface area (Å²) in [5.74, 6) is 1.17. The molecular formula is C18H26ClN5OS. The van der Waals surface area contributed by atoms with Crippen LogP contribution in [0.25, 0.3) is 10.3 Å². The van der Waals surface area contributed by atoms with Crippen LogP contribution in [0.2, 0.25) is 5.28 Å². The molecule has 2 aromatic rings. The highest BCUT2D eigenvalue weighted by atomic mass is 35.5. The zero-order valence-corrected chi connectivity index (χ0v) is 16.9. The molecule has 0 atom stereocenters. The summed E-state index contributed by atoms with van der Waals surface area (Å²) in [5.41, 5.74) is 0.860. The molecule has 2 fully saturated rings. The maximum absolute atomic E-state index is 6.15. The minimum absolute atomic E-state index is 0.293. The first-order valence-electron chi connectivity index (χ1n) is 9.52. The van der Waals surface area contributed by atoms with Crippen molar-refractivity contribution >= 4 is 39.1 Å². The standard InChI is InChI=1S/C18H26ClN5OS/c1-11(2)16-21-14-15(22-18(19)23-17(14)26-16)20-12-3-5-13(6-4-12)24-7-9-25-10-8-24/h11-13H,3-10H2,1-2H3,(H,20,22,23). The molecule has 0 unspecified atom stereocenters. The van der Waals surface area contributed by atoms with Crippen molar-refractivity contribution in [1.82, 2.24) is 19.9 Å². The highest BCUT2D eigenvalue weighted by Crippen LogP contribution is 2.32. The lowest BCUT2D eigenvalue weighted by Gasteiger charge is -2.39. The van der Waals surface area contributed by atoms with Gasteiger partial charge in [-0.3, -0.25) is 4.90 Å². The fraction of sp³-hybridized carbons (Fsp3) is 0.722. The zero-order chi connectivity index (χ0) is 18.1. The molecular weight excluding hydrogens is 370 g/mol. The number of anilines is 1. The number of nitrogens with zero attached hydrogens (tertiary/aromatic N) is 4. The van der Waals surface area contributed by atoms with Crippen molar-refractivity contribution in [2.45, 2.75) is 57.5 Å². The van der Waals surface area contributed by atoms with Gasteiger partial charge in [0.15, 0.2) is 10.6 Å². The fourth-order valence-corrected chi connectivity index (χ4v) is 5.04. The van der Waals surface area contributed by atoms with Crippen LogP contribution in [0.4, 0.5) is 5.82 Å². The average molecular weight is 396 g/mol. The fourth-order valence-electron chi connectivity index (χ4n) is 3.88. The minimum atomic E-state index is 0.293. The largest absolute Gasteiger partial charge is 0.379 e. The van der Waals surface area contributed by atoms with E-state index >= 15 is 0 Å². The van der Waals surface area contributed by atoms with E-state index in [0.717, 1.165) is 60.3 Å². The number of fused-ring (bicyclic) bond motifs is 1. The number of halogens is 1. The van der Waals surface area contributed by atoms with Gasteiger partial charge in [0.05, 0.1) is 18.2 Å². The highest BCUT2D eigenvalue weighted by molar-refractivity contribution is 7.18. The van der Waals surface area contributed by atoms with Gasteiger partial charge in [-0.2, -0.15) is 4.98 Å². The Morgan fingerprint density at radius 2 is 1.85 bits per heavy atom. The van der Waals surface area contributed by atoms with Crippen molar-refractivity contribution < 1.29 is 4.74 Å². The molecule has 1 saturated carbocycles. The average Bonchev–Trinajstić information content (AvgIpc) is 3.08. The van der Waals surface area contributed by atoms with Gasteiger partial charge in [-0.05, 0) is 37.3 Å². The monoisotopic (exact) mass is 395 g/mol. The predicted molar refractivity (Wildman–Crippen MR) is 106 cm³/mol. The van der Waals surface area contributed by atoms with Gasteiger partial charge < -0.3 is 10.1 Å². The molecule has 2 aromatic heterocycles. The van der Waals surface area contributed by atoms with Crippen LogP contribution in [0.1, 0.15) is 50.5 Å². The summed E-state index contributed by atoms with van der Waals surface area (Å²) < 4.78 is 5.47. The van der Waals surface area contributed by atoms with E-state index in [1.807, 2.05) is 0 Å². The van der Waals surface area contributed by atoms with Crippen LogP contribution in [0.15, 0.2) is 0 Å². The third-order valence-electron chi connectivity index (χ3n) is 5.34. The number of morpholine rings is 1. The van der Waals surface area contributed by atoms with Gasteiger partial charge >= 0.3 is 0 Å². The maximum Gasteiger partial charge on any atom is 0.225 e. The Hall–Kier alpha value is -1.02.